The molecule has 1 saturated carbocycles. The summed E-state index contributed by atoms with van der Waals surface area (Å²) in [6, 6.07) is 11.2. The molecular weight excluding hydrogens is 491 g/mol. The average molecular weight is 528 g/mol. The lowest BCUT2D eigenvalue weighted by atomic mass is 10.1. The molecule has 1 aliphatic carbocycles. The van der Waals surface area contributed by atoms with Gasteiger partial charge in [-0.25, -0.2) is 0 Å². The van der Waals surface area contributed by atoms with Crippen molar-refractivity contribution in [2.24, 2.45) is 4.99 Å². The van der Waals surface area contributed by atoms with Gasteiger partial charge < -0.3 is 19.7 Å². The van der Waals surface area contributed by atoms with Crippen LogP contribution in [-0.2, 0) is 16.0 Å². The Morgan fingerprint density at radius 3 is 2.77 bits per heavy atom. The van der Waals surface area contributed by atoms with E-state index in [1.165, 1.54) is 31.2 Å². The minimum atomic E-state index is 0. The molecule has 0 amide bonds. The number of rotatable bonds is 7. The van der Waals surface area contributed by atoms with E-state index in [-0.39, 0.29) is 30.1 Å². The van der Waals surface area contributed by atoms with Gasteiger partial charge in [0.15, 0.2) is 5.96 Å². The molecule has 3 fully saturated rings. The van der Waals surface area contributed by atoms with E-state index < -0.39 is 0 Å². The van der Waals surface area contributed by atoms with E-state index in [0.717, 1.165) is 58.3 Å². The van der Waals surface area contributed by atoms with Gasteiger partial charge >= 0.3 is 0 Å². The van der Waals surface area contributed by atoms with Crippen LogP contribution in [0.1, 0.15) is 37.7 Å². The van der Waals surface area contributed by atoms with E-state index >= 15 is 0 Å². The lowest BCUT2D eigenvalue weighted by Crippen LogP contribution is -2.50. The van der Waals surface area contributed by atoms with Gasteiger partial charge in [0.2, 0.25) is 0 Å². The fraction of sp³-hybridized carbons (Fsp3) is 0.696. The molecule has 6 nitrogen and oxygen atoms in total. The minimum Gasteiger partial charge on any atom is -0.378 e. The monoisotopic (exact) mass is 528 g/mol. The molecule has 3 aliphatic rings. The molecule has 1 aromatic rings. The van der Waals surface area contributed by atoms with Crippen molar-refractivity contribution in [3.8, 4) is 0 Å². The molecule has 1 aromatic carbocycles. The van der Waals surface area contributed by atoms with Gasteiger partial charge in [0.05, 0.1) is 24.9 Å². The van der Waals surface area contributed by atoms with Crippen molar-refractivity contribution >= 4 is 29.9 Å². The topological polar surface area (TPSA) is 49.3 Å². The summed E-state index contributed by atoms with van der Waals surface area (Å²) in [5.41, 5.74) is 1.37. The fourth-order valence-electron chi connectivity index (χ4n) is 4.86. The molecule has 0 radical (unpaired) electrons. The first-order chi connectivity index (χ1) is 14.3. The predicted molar refractivity (Wildman–Crippen MR) is 132 cm³/mol. The molecule has 2 saturated heterocycles. The first-order valence-electron chi connectivity index (χ1n) is 11.3. The molecule has 2 aliphatic heterocycles. The van der Waals surface area contributed by atoms with Crippen LogP contribution in [0.15, 0.2) is 35.3 Å². The highest BCUT2D eigenvalue weighted by Gasteiger charge is 2.41. The Kier molecular flexibility index (Phi) is 9.67. The largest absolute Gasteiger partial charge is 0.378 e. The van der Waals surface area contributed by atoms with Crippen LogP contribution in [0.5, 0.6) is 0 Å². The smallest absolute Gasteiger partial charge is 0.193 e. The van der Waals surface area contributed by atoms with Crippen LogP contribution in [-0.4, -0.2) is 80.4 Å². The summed E-state index contributed by atoms with van der Waals surface area (Å²) in [5.74, 6) is 0.989. The highest BCUT2D eigenvalue weighted by Crippen LogP contribution is 2.25. The van der Waals surface area contributed by atoms with E-state index in [4.69, 9.17) is 9.47 Å². The highest BCUT2D eigenvalue weighted by atomic mass is 127. The molecule has 0 spiro atoms. The minimum absolute atomic E-state index is 0. The molecular formula is C23H37IN4O2. The van der Waals surface area contributed by atoms with Gasteiger partial charge in [-0.05, 0) is 24.8 Å². The third-order valence-electron chi connectivity index (χ3n) is 6.42. The molecule has 4 rings (SSSR count). The number of ether oxygens (including phenoxy) is 2. The van der Waals surface area contributed by atoms with Crippen LogP contribution in [0.25, 0.3) is 0 Å². The summed E-state index contributed by atoms with van der Waals surface area (Å²) in [5, 5.41) is 3.53. The van der Waals surface area contributed by atoms with Gasteiger partial charge in [0, 0.05) is 46.4 Å². The number of nitrogens with zero attached hydrogens (tertiary/aromatic N) is 3. The molecule has 168 valence electrons. The molecule has 2 heterocycles. The summed E-state index contributed by atoms with van der Waals surface area (Å²) in [7, 11) is 1.88. The summed E-state index contributed by atoms with van der Waals surface area (Å²) < 4.78 is 12.1. The summed E-state index contributed by atoms with van der Waals surface area (Å²) in [6.45, 7) is 6.42. The lowest BCUT2D eigenvalue weighted by molar-refractivity contribution is -0.0502. The van der Waals surface area contributed by atoms with Gasteiger partial charge in [0.1, 0.15) is 0 Å². The van der Waals surface area contributed by atoms with Crippen LogP contribution in [0.4, 0.5) is 0 Å². The Morgan fingerprint density at radius 2 is 2.00 bits per heavy atom. The van der Waals surface area contributed by atoms with Crippen molar-refractivity contribution in [2.75, 3.05) is 46.4 Å². The van der Waals surface area contributed by atoms with Crippen LogP contribution in [0, 0.1) is 0 Å². The summed E-state index contributed by atoms with van der Waals surface area (Å²) in [4.78, 5) is 9.46. The fourth-order valence-corrected chi connectivity index (χ4v) is 4.86. The highest BCUT2D eigenvalue weighted by molar-refractivity contribution is 14.0. The van der Waals surface area contributed by atoms with E-state index in [9.17, 15) is 0 Å². The third kappa shape index (κ3) is 6.31. The Balaban J connectivity index is 0.00000256. The first-order valence-corrected chi connectivity index (χ1v) is 11.3. The van der Waals surface area contributed by atoms with Crippen molar-refractivity contribution in [3.63, 3.8) is 0 Å². The molecule has 0 bridgehead atoms. The maximum Gasteiger partial charge on any atom is 0.193 e. The van der Waals surface area contributed by atoms with Gasteiger partial charge in [-0.2, -0.15) is 0 Å². The maximum atomic E-state index is 6.11. The number of hydrogen-bond donors (Lipinski definition) is 1. The van der Waals surface area contributed by atoms with Crippen molar-refractivity contribution in [3.05, 3.63) is 35.9 Å². The third-order valence-corrected chi connectivity index (χ3v) is 6.42. The van der Waals surface area contributed by atoms with Gasteiger partial charge in [-0.3, -0.25) is 9.89 Å². The Bertz CT molecular complexity index is 654. The van der Waals surface area contributed by atoms with Gasteiger partial charge in [-0.15, -0.1) is 24.0 Å². The zero-order valence-electron chi connectivity index (χ0n) is 18.2. The molecule has 2 unspecified atom stereocenters. The second kappa shape index (κ2) is 12.2. The molecule has 2 atom stereocenters. The number of benzene rings is 1. The Labute approximate surface area is 198 Å². The normalized spacial score (nSPS) is 25.2. The van der Waals surface area contributed by atoms with E-state index in [2.05, 4.69) is 50.4 Å². The van der Waals surface area contributed by atoms with Crippen molar-refractivity contribution in [2.45, 2.75) is 56.9 Å². The second-order valence-corrected chi connectivity index (χ2v) is 8.44. The van der Waals surface area contributed by atoms with Crippen LogP contribution < -0.4 is 5.32 Å². The van der Waals surface area contributed by atoms with Crippen molar-refractivity contribution < 1.29 is 9.47 Å². The average Bonchev–Trinajstić information content (AvgIpc) is 3.42. The van der Waals surface area contributed by atoms with Crippen molar-refractivity contribution in [1.82, 2.24) is 15.1 Å². The number of morpholine rings is 1. The number of fused-ring (bicyclic) bond motifs is 1. The zero-order chi connectivity index (χ0) is 19.9. The lowest BCUT2D eigenvalue weighted by Gasteiger charge is -2.36. The van der Waals surface area contributed by atoms with Crippen LogP contribution >= 0.6 is 24.0 Å². The SMILES string of the molecule is CN=C(NCCCOC1CCCC1)N1CC2OCCN(Cc3ccccc3)C2C1.I. The molecule has 7 heteroatoms. The standard InChI is InChI=1S/C23H36N4O2.HI/c1-24-23(25-12-7-14-28-20-10-5-6-11-20)27-17-21-22(18-27)29-15-13-26(21)16-19-8-3-2-4-9-19;/h2-4,8-9,20-22H,5-7,10-18H2,1H3,(H,24,25);1H. The quantitative estimate of drug-likeness (QED) is 0.255. The summed E-state index contributed by atoms with van der Waals surface area (Å²) in [6.07, 6.45) is 6.93. The van der Waals surface area contributed by atoms with E-state index in [0.29, 0.717) is 12.1 Å². The molecule has 30 heavy (non-hydrogen) atoms. The second-order valence-electron chi connectivity index (χ2n) is 8.44. The maximum absolute atomic E-state index is 6.11. The number of hydrogen-bond acceptors (Lipinski definition) is 4. The first kappa shape index (κ1) is 23.8. The summed E-state index contributed by atoms with van der Waals surface area (Å²) >= 11 is 0. The Hall–Kier alpha value is -0.900. The van der Waals surface area contributed by atoms with E-state index in [1.54, 1.807) is 0 Å². The van der Waals surface area contributed by atoms with Gasteiger partial charge in [0.25, 0.3) is 0 Å². The Morgan fingerprint density at radius 1 is 1.20 bits per heavy atom. The number of aliphatic imine (C=N–C) groups is 1. The molecule has 1 N–H and O–H groups in total. The zero-order valence-corrected chi connectivity index (χ0v) is 20.5. The number of guanidine groups is 1. The van der Waals surface area contributed by atoms with Gasteiger partial charge in [-0.1, -0.05) is 43.2 Å². The number of halogens is 1. The van der Waals surface area contributed by atoms with Crippen LogP contribution in [0.3, 0.4) is 0 Å². The van der Waals surface area contributed by atoms with Crippen molar-refractivity contribution in [1.29, 1.82) is 0 Å². The van der Waals surface area contributed by atoms with Crippen LogP contribution in [0.2, 0.25) is 0 Å². The number of nitrogens with one attached hydrogen (secondary N) is 1. The van der Waals surface area contributed by atoms with E-state index in [1.807, 2.05) is 7.05 Å². The predicted octanol–water partition coefficient (Wildman–Crippen LogP) is 3.11. The number of likely N-dealkylation sites (tertiary alicyclic amines) is 1. The molecule has 0 aromatic heterocycles.